The number of para-hydroxylation sites is 1. The van der Waals surface area contributed by atoms with E-state index in [0.29, 0.717) is 31.0 Å². The van der Waals surface area contributed by atoms with Crippen LogP contribution >= 0.6 is 23.6 Å². The molecular formula is C25H23F3N6O2S2. The van der Waals surface area contributed by atoms with Gasteiger partial charge in [0.1, 0.15) is 18.2 Å². The van der Waals surface area contributed by atoms with Crippen LogP contribution in [-0.4, -0.2) is 38.5 Å². The summed E-state index contributed by atoms with van der Waals surface area (Å²) in [5.41, 5.74) is 6.30. The standard InChI is InChI=1S/C25H23F3N6O2S2/c1-15-18(9-10-32(2)14-23-30-12-17(13-31-23)34(35)36)19-11-16(7-8-22(19)38-15)33(24(29)37)21-6-4-3-5-20(21)25(26,27)28/h3-8,11-13H,9-10,14H2,1-2H3,(H2,29,37). The van der Waals surface area contributed by atoms with Crippen molar-refractivity contribution < 1.29 is 18.1 Å². The second kappa shape index (κ2) is 11.0. The summed E-state index contributed by atoms with van der Waals surface area (Å²) in [6.45, 7) is 3.03. The van der Waals surface area contributed by atoms with Crippen molar-refractivity contribution in [3.63, 3.8) is 0 Å². The van der Waals surface area contributed by atoms with Gasteiger partial charge in [0, 0.05) is 21.8 Å². The molecule has 0 aliphatic heterocycles. The van der Waals surface area contributed by atoms with Crippen LogP contribution in [0.5, 0.6) is 0 Å². The first-order chi connectivity index (χ1) is 18.0. The molecule has 0 radical (unpaired) electrons. The summed E-state index contributed by atoms with van der Waals surface area (Å²) in [7, 11) is 1.89. The van der Waals surface area contributed by atoms with E-state index < -0.39 is 16.7 Å². The van der Waals surface area contributed by atoms with Crippen molar-refractivity contribution in [2.75, 3.05) is 18.5 Å². The van der Waals surface area contributed by atoms with E-state index >= 15 is 0 Å². The van der Waals surface area contributed by atoms with Gasteiger partial charge in [-0.15, -0.1) is 11.3 Å². The highest BCUT2D eigenvalue weighted by Crippen LogP contribution is 2.41. The maximum absolute atomic E-state index is 13.7. The van der Waals surface area contributed by atoms with E-state index in [-0.39, 0.29) is 16.5 Å². The molecule has 0 saturated heterocycles. The summed E-state index contributed by atoms with van der Waals surface area (Å²) in [6, 6.07) is 10.6. The Morgan fingerprint density at radius 1 is 1.18 bits per heavy atom. The average molecular weight is 561 g/mol. The molecule has 0 bridgehead atoms. The van der Waals surface area contributed by atoms with Crippen molar-refractivity contribution in [1.82, 2.24) is 14.9 Å². The van der Waals surface area contributed by atoms with Gasteiger partial charge in [0.15, 0.2) is 5.11 Å². The lowest BCUT2D eigenvalue weighted by atomic mass is 10.1. The predicted molar refractivity (Wildman–Crippen MR) is 146 cm³/mol. The molecule has 2 aromatic carbocycles. The topological polar surface area (TPSA) is 101 Å². The van der Waals surface area contributed by atoms with Crippen molar-refractivity contribution in [1.29, 1.82) is 0 Å². The summed E-state index contributed by atoms with van der Waals surface area (Å²) in [4.78, 5) is 22.7. The van der Waals surface area contributed by atoms with E-state index in [4.69, 9.17) is 18.0 Å². The van der Waals surface area contributed by atoms with Crippen molar-refractivity contribution >= 4 is 55.8 Å². The molecule has 0 saturated carbocycles. The maximum Gasteiger partial charge on any atom is 0.418 e. The quantitative estimate of drug-likeness (QED) is 0.160. The minimum absolute atomic E-state index is 0.136. The Morgan fingerprint density at radius 3 is 2.50 bits per heavy atom. The van der Waals surface area contributed by atoms with Crippen LogP contribution in [0.1, 0.15) is 21.8 Å². The fraction of sp³-hybridized carbons (Fsp3) is 0.240. The normalized spacial score (nSPS) is 11.7. The summed E-state index contributed by atoms with van der Waals surface area (Å²) < 4.78 is 42.2. The number of benzene rings is 2. The molecule has 0 aliphatic carbocycles. The van der Waals surface area contributed by atoms with E-state index in [1.807, 2.05) is 31.0 Å². The first-order valence-corrected chi connectivity index (χ1v) is 12.6. The van der Waals surface area contributed by atoms with Crippen LogP contribution in [0.3, 0.4) is 0 Å². The van der Waals surface area contributed by atoms with Gasteiger partial charge in [-0.3, -0.25) is 19.9 Å². The highest BCUT2D eigenvalue weighted by atomic mass is 32.1. The molecule has 8 nitrogen and oxygen atoms in total. The predicted octanol–water partition coefficient (Wildman–Crippen LogP) is 5.98. The molecule has 0 fully saturated rings. The fourth-order valence-electron chi connectivity index (χ4n) is 4.15. The first kappa shape index (κ1) is 27.4. The van der Waals surface area contributed by atoms with E-state index in [2.05, 4.69) is 9.97 Å². The number of nitrogens with zero attached hydrogens (tertiary/aromatic N) is 5. The Morgan fingerprint density at radius 2 is 1.87 bits per heavy atom. The van der Waals surface area contributed by atoms with Crippen LogP contribution in [-0.2, 0) is 19.1 Å². The number of hydrogen-bond donors (Lipinski definition) is 1. The summed E-state index contributed by atoms with van der Waals surface area (Å²) in [5, 5.41) is 11.5. The van der Waals surface area contributed by atoms with Gasteiger partial charge in [0.2, 0.25) is 0 Å². The molecule has 4 aromatic rings. The molecular weight excluding hydrogens is 537 g/mol. The number of nitro groups is 1. The van der Waals surface area contributed by atoms with Gasteiger partial charge in [-0.2, -0.15) is 13.2 Å². The number of anilines is 2. The summed E-state index contributed by atoms with van der Waals surface area (Å²) >= 11 is 6.78. The van der Waals surface area contributed by atoms with Crippen LogP contribution in [0.15, 0.2) is 54.9 Å². The molecule has 2 aromatic heterocycles. The number of nitrogens with two attached hydrogens (primary N) is 1. The molecule has 38 heavy (non-hydrogen) atoms. The number of aromatic nitrogens is 2. The largest absolute Gasteiger partial charge is 0.418 e. The molecule has 0 atom stereocenters. The number of alkyl halides is 3. The SMILES string of the molecule is Cc1sc2ccc(N(C(N)=S)c3ccccc3C(F)(F)F)cc2c1CCN(C)Cc1ncc([N+](=O)[O-])cn1. The lowest BCUT2D eigenvalue weighted by molar-refractivity contribution is -0.385. The molecule has 0 aliphatic rings. The van der Waals surface area contributed by atoms with Gasteiger partial charge < -0.3 is 5.73 Å². The third-order valence-corrected chi connectivity index (χ3v) is 7.27. The van der Waals surface area contributed by atoms with Crippen LogP contribution in [0, 0.1) is 17.0 Å². The van der Waals surface area contributed by atoms with Crippen LogP contribution in [0.25, 0.3) is 10.1 Å². The lowest BCUT2D eigenvalue weighted by Gasteiger charge is -2.26. The number of thiocarbonyl (C=S) groups is 1. The zero-order valence-corrected chi connectivity index (χ0v) is 22.0. The number of aryl methyl sites for hydroxylation is 1. The van der Waals surface area contributed by atoms with Gasteiger partial charge in [-0.05, 0) is 73.9 Å². The highest BCUT2D eigenvalue weighted by Gasteiger charge is 2.35. The lowest BCUT2D eigenvalue weighted by Crippen LogP contribution is -2.32. The molecule has 2 heterocycles. The zero-order valence-electron chi connectivity index (χ0n) is 20.4. The van der Waals surface area contributed by atoms with E-state index in [1.165, 1.54) is 35.5 Å². The number of halogens is 3. The maximum atomic E-state index is 13.7. The number of hydrogen-bond acceptors (Lipinski definition) is 7. The van der Waals surface area contributed by atoms with Gasteiger partial charge in [-0.25, -0.2) is 9.97 Å². The molecule has 0 unspecified atom stereocenters. The van der Waals surface area contributed by atoms with E-state index in [0.717, 1.165) is 26.6 Å². The van der Waals surface area contributed by atoms with E-state index in [9.17, 15) is 23.3 Å². The molecule has 2 N–H and O–H groups in total. The van der Waals surface area contributed by atoms with Gasteiger partial charge in [0.05, 0.1) is 22.7 Å². The smallest absolute Gasteiger partial charge is 0.376 e. The Balaban J connectivity index is 1.60. The molecule has 0 spiro atoms. The fourth-order valence-corrected chi connectivity index (χ4v) is 5.45. The van der Waals surface area contributed by atoms with Gasteiger partial charge in [0.25, 0.3) is 0 Å². The second-order valence-electron chi connectivity index (χ2n) is 8.61. The van der Waals surface area contributed by atoms with Gasteiger partial charge in [-0.1, -0.05) is 12.1 Å². The van der Waals surface area contributed by atoms with Gasteiger partial charge >= 0.3 is 11.9 Å². The van der Waals surface area contributed by atoms with E-state index in [1.54, 1.807) is 17.4 Å². The second-order valence-corrected chi connectivity index (χ2v) is 10.3. The minimum atomic E-state index is -4.58. The molecule has 0 amide bonds. The average Bonchev–Trinajstić information content (AvgIpc) is 3.17. The monoisotopic (exact) mass is 560 g/mol. The number of thiophene rings is 1. The van der Waals surface area contributed by atoms with Crippen molar-refractivity contribution in [2.45, 2.75) is 26.1 Å². The molecule has 198 valence electrons. The third-order valence-electron chi connectivity index (χ3n) is 5.96. The minimum Gasteiger partial charge on any atom is -0.376 e. The first-order valence-electron chi connectivity index (χ1n) is 11.4. The van der Waals surface area contributed by atoms with Crippen molar-refractivity contribution in [3.8, 4) is 0 Å². The third kappa shape index (κ3) is 5.90. The zero-order chi connectivity index (χ0) is 27.6. The summed E-state index contributed by atoms with van der Waals surface area (Å²) in [5.74, 6) is 0.461. The highest BCUT2D eigenvalue weighted by molar-refractivity contribution is 7.80. The van der Waals surface area contributed by atoms with Crippen molar-refractivity contribution in [2.24, 2.45) is 5.73 Å². The number of likely N-dealkylation sites (N-methyl/N-ethyl adjacent to an activating group) is 1. The van der Waals surface area contributed by atoms with Crippen molar-refractivity contribution in [3.05, 3.63) is 86.8 Å². The Bertz CT molecular complexity index is 1490. The number of fused-ring (bicyclic) bond motifs is 1. The summed E-state index contributed by atoms with van der Waals surface area (Å²) in [6.07, 6.45) is -1.56. The Hall–Kier alpha value is -3.68. The van der Waals surface area contributed by atoms with Crippen LogP contribution < -0.4 is 10.6 Å². The molecule has 13 heteroatoms. The number of rotatable bonds is 8. The van der Waals surface area contributed by atoms with Crippen LogP contribution in [0.4, 0.5) is 30.2 Å². The Labute approximate surface area is 225 Å². The molecule has 4 rings (SSSR count). The Kier molecular flexibility index (Phi) is 7.90. The van der Waals surface area contributed by atoms with Crippen LogP contribution in [0.2, 0.25) is 0 Å².